The van der Waals surface area contributed by atoms with Crippen molar-refractivity contribution in [2.75, 3.05) is 20.5 Å². The van der Waals surface area contributed by atoms with Gasteiger partial charge < -0.3 is 20.1 Å². The summed E-state index contributed by atoms with van der Waals surface area (Å²) < 4.78 is 20.8. The molecule has 2 N–H and O–H groups in total. The quantitative estimate of drug-likeness (QED) is 0.837. The molecule has 122 valence electrons. The van der Waals surface area contributed by atoms with Gasteiger partial charge in [-0.2, -0.15) is 0 Å². The van der Waals surface area contributed by atoms with Gasteiger partial charge in [-0.3, -0.25) is 0 Å². The molecule has 0 radical (unpaired) electrons. The van der Waals surface area contributed by atoms with Crippen molar-refractivity contribution >= 4 is 12.2 Å². The van der Waals surface area contributed by atoms with Crippen molar-refractivity contribution in [2.24, 2.45) is 10.8 Å². The predicted octanol–water partition coefficient (Wildman–Crippen LogP) is 2.58. The molecular weight excluding hydrogens is 279 g/mol. The molecule has 6 nitrogen and oxygen atoms in total. The summed E-state index contributed by atoms with van der Waals surface area (Å²) in [5, 5.41) is 5.40. The Balaban J connectivity index is 2.66. The number of amides is 2. The maximum absolute atomic E-state index is 11.9. The van der Waals surface area contributed by atoms with Crippen LogP contribution in [-0.4, -0.2) is 38.7 Å². The smallest absolute Gasteiger partial charge is 0.409 e. The van der Waals surface area contributed by atoms with E-state index in [-0.39, 0.29) is 16.9 Å². The zero-order valence-corrected chi connectivity index (χ0v) is 13.1. The van der Waals surface area contributed by atoms with Crippen molar-refractivity contribution in [3.8, 4) is 0 Å². The van der Waals surface area contributed by atoms with Crippen LogP contribution in [0.5, 0.6) is 0 Å². The van der Waals surface area contributed by atoms with Crippen LogP contribution in [0.15, 0.2) is 0 Å². The minimum atomic E-state index is -1.14. The molecular formula is C14H25FN2O4. The Labute approximate surface area is 124 Å². The lowest BCUT2D eigenvalue weighted by molar-refractivity contribution is 0.0591. The first kappa shape index (κ1) is 17.5. The first-order valence-corrected chi connectivity index (χ1v) is 7.01. The first-order valence-electron chi connectivity index (χ1n) is 7.01. The van der Waals surface area contributed by atoms with E-state index in [4.69, 9.17) is 0 Å². The summed E-state index contributed by atoms with van der Waals surface area (Å²) in [6.07, 6.45) is 1.22. The average molecular weight is 304 g/mol. The Hall–Kier alpha value is -1.53. The van der Waals surface area contributed by atoms with E-state index in [1.807, 2.05) is 6.92 Å². The zero-order valence-electron chi connectivity index (χ0n) is 13.1. The minimum absolute atomic E-state index is 0.0182. The Kier molecular flexibility index (Phi) is 5.80. The fourth-order valence-corrected chi connectivity index (χ4v) is 3.48. The summed E-state index contributed by atoms with van der Waals surface area (Å²) in [4.78, 5) is 22.6. The van der Waals surface area contributed by atoms with Crippen LogP contribution in [0, 0.1) is 10.8 Å². The summed E-state index contributed by atoms with van der Waals surface area (Å²) in [7, 11) is 1.33. The number of carbonyl (C=O) groups excluding carboxylic acids is 2. The Morgan fingerprint density at radius 1 is 1.24 bits per heavy atom. The number of rotatable bonds is 4. The van der Waals surface area contributed by atoms with Gasteiger partial charge in [0.25, 0.3) is 0 Å². The molecule has 2 amide bonds. The third kappa shape index (κ3) is 5.77. The molecule has 0 bridgehead atoms. The van der Waals surface area contributed by atoms with Crippen LogP contribution in [0.1, 0.15) is 40.0 Å². The molecule has 0 aromatic heterocycles. The summed E-state index contributed by atoms with van der Waals surface area (Å²) in [5.41, 5.74) is -0.187. The molecule has 0 aromatic rings. The predicted molar refractivity (Wildman–Crippen MR) is 75.5 cm³/mol. The third-order valence-corrected chi connectivity index (χ3v) is 3.80. The van der Waals surface area contributed by atoms with Crippen LogP contribution < -0.4 is 10.6 Å². The standard InChI is InChI=1S/C14H25FN2O4/c1-13(2)5-10(17-12(19)20-4)6-14(3,7-13)8-16-11(18)21-9-15/h10H,5-9H2,1-4H3,(H,16,18)(H,17,19). The highest BCUT2D eigenvalue weighted by Crippen LogP contribution is 2.45. The molecule has 2 atom stereocenters. The normalized spacial score (nSPS) is 27.6. The lowest BCUT2D eigenvalue weighted by Gasteiger charge is -2.46. The summed E-state index contributed by atoms with van der Waals surface area (Å²) in [5.74, 6) is 0. The molecule has 1 aliphatic rings. The van der Waals surface area contributed by atoms with Crippen molar-refractivity contribution in [2.45, 2.75) is 46.1 Å². The second kappa shape index (κ2) is 6.95. The molecule has 2 unspecified atom stereocenters. The van der Waals surface area contributed by atoms with Crippen LogP contribution in [0.4, 0.5) is 14.0 Å². The largest absolute Gasteiger partial charge is 0.453 e. The zero-order chi connectivity index (χ0) is 16.1. The maximum Gasteiger partial charge on any atom is 0.409 e. The molecule has 0 heterocycles. The van der Waals surface area contributed by atoms with Crippen molar-refractivity contribution in [1.82, 2.24) is 10.6 Å². The molecule has 21 heavy (non-hydrogen) atoms. The van der Waals surface area contributed by atoms with Crippen LogP contribution in [0.2, 0.25) is 0 Å². The van der Waals surface area contributed by atoms with Crippen molar-refractivity contribution in [1.29, 1.82) is 0 Å². The van der Waals surface area contributed by atoms with Crippen molar-refractivity contribution < 1.29 is 23.5 Å². The first-order chi connectivity index (χ1) is 9.69. The number of methoxy groups -OCH3 is 1. The number of nitrogens with one attached hydrogen (secondary N) is 2. The maximum atomic E-state index is 11.9. The highest BCUT2D eigenvalue weighted by atomic mass is 19.1. The van der Waals surface area contributed by atoms with E-state index in [9.17, 15) is 14.0 Å². The van der Waals surface area contributed by atoms with Crippen molar-refractivity contribution in [3.63, 3.8) is 0 Å². The SMILES string of the molecule is COC(=O)NC1CC(C)(C)CC(C)(CNC(=O)OCF)C1. The van der Waals surface area contributed by atoms with Crippen LogP contribution >= 0.6 is 0 Å². The van der Waals surface area contributed by atoms with Gasteiger partial charge in [-0.05, 0) is 30.1 Å². The highest BCUT2D eigenvalue weighted by molar-refractivity contribution is 5.67. The van der Waals surface area contributed by atoms with Crippen molar-refractivity contribution in [3.05, 3.63) is 0 Å². The lowest BCUT2D eigenvalue weighted by atomic mass is 9.62. The van der Waals surface area contributed by atoms with Gasteiger partial charge >= 0.3 is 12.2 Å². The number of ether oxygens (including phenoxy) is 2. The van der Waals surface area contributed by atoms with E-state index in [1.54, 1.807) is 0 Å². The van der Waals surface area contributed by atoms with E-state index in [2.05, 4.69) is 34.0 Å². The van der Waals surface area contributed by atoms with E-state index in [1.165, 1.54) is 7.11 Å². The Bertz CT molecular complexity index is 389. The lowest BCUT2D eigenvalue weighted by Crippen LogP contribution is -2.50. The second-order valence-corrected chi connectivity index (χ2v) is 6.79. The van der Waals surface area contributed by atoms with Crippen LogP contribution in [0.25, 0.3) is 0 Å². The van der Waals surface area contributed by atoms with Gasteiger partial charge in [-0.15, -0.1) is 0 Å². The molecule has 0 aromatic carbocycles. The third-order valence-electron chi connectivity index (χ3n) is 3.80. The van der Waals surface area contributed by atoms with E-state index >= 15 is 0 Å². The van der Waals surface area contributed by atoms with E-state index in [0.717, 1.165) is 12.8 Å². The monoisotopic (exact) mass is 304 g/mol. The fourth-order valence-electron chi connectivity index (χ4n) is 3.48. The highest BCUT2D eigenvalue weighted by Gasteiger charge is 2.42. The number of alkyl halides is 1. The number of halogens is 1. The molecule has 0 aliphatic heterocycles. The average Bonchev–Trinajstić information content (AvgIpc) is 2.34. The summed E-state index contributed by atoms with van der Waals surface area (Å²) >= 11 is 0. The molecule has 1 saturated carbocycles. The molecule has 0 spiro atoms. The van der Waals surface area contributed by atoms with E-state index in [0.29, 0.717) is 13.0 Å². The number of alkyl carbamates (subject to hydrolysis) is 2. The van der Waals surface area contributed by atoms with Gasteiger partial charge in [0.05, 0.1) is 7.11 Å². The van der Waals surface area contributed by atoms with Crippen LogP contribution in [0.3, 0.4) is 0 Å². The van der Waals surface area contributed by atoms with Gasteiger partial charge in [0.1, 0.15) is 0 Å². The van der Waals surface area contributed by atoms with Crippen LogP contribution in [-0.2, 0) is 9.47 Å². The van der Waals surface area contributed by atoms with Gasteiger partial charge in [-0.25, -0.2) is 14.0 Å². The number of carbonyl (C=O) groups is 2. The molecule has 1 aliphatic carbocycles. The molecule has 7 heteroatoms. The molecule has 1 fully saturated rings. The Morgan fingerprint density at radius 2 is 1.90 bits per heavy atom. The minimum Gasteiger partial charge on any atom is -0.453 e. The Morgan fingerprint density at radius 3 is 2.48 bits per heavy atom. The van der Waals surface area contributed by atoms with Gasteiger partial charge in [0.15, 0.2) is 0 Å². The van der Waals surface area contributed by atoms with Gasteiger partial charge in [-0.1, -0.05) is 20.8 Å². The molecule has 0 saturated heterocycles. The van der Waals surface area contributed by atoms with E-state index < -0.39 is 19.0 Å². The van der Waals surface area contributed by atoms with Gasteiger partial charge in [0.2, 0.25) is 6.86 Å². The topological polar surface area (TPSA) is 76.7 Å². The fraction of sp³-hybridized carbons (Fsp3) is 0.857. The summed E-state index contributed by atoms with van der Waals surface area (Å²) in [6, 6.07) is -0.0230. The summed E-state index contributed by atoms with van der Waals surface area (Å²) in [6.45, 7) is 5.51. The number of hydrogen-bond acceptors (Lipinski definition) is 4. The number of hydrogen-bond donors (Lipinski definition) is 2. The van der Waals surface area contributed by atoms with Gasteiger partial charge in [0, 0.05) is 12.6 Å². The second-order valence-electron chi connectivity index (χ2n) is 6.79. The molecule has 1 rings (SSSR count).